The maximum Gasteiger partial charge on any atom is 0.319 e. The second-order valence-electron chi connectivity index (χ2n) is 7.08. The zero-order valence-corrected chi connectivity index (χ0v) is 15.3. The van der Waals surface area contributed by atoms with E-state index in [1.807, 2.05) is 18.2 Å². The van der Waals surface area contributed by atoms with Gasteiger partial charge in [-0.2, -0.15) is 0 Å². The Balaban J connectivity index is 1.43. The average molecular weight is 356 g/mol. The van der Waals surface area contributed by atoms with Crippen LogP contribution in [0.1, 0.15) is 26.3 Å². The number of carbonyl (C=O) groups excluding carboxylic acids is 1. The number of nitrogens with one attached hydrogen (secondary N) is 2. The topological polar surface area (TPSA) is 68.8 Å². The highest BCUT2D eigenvalue weighted by molar-refractivity contribution is 5.89. The first-order chi connectivity index (χ1) is 12.4. The molecule has 1 aliphatic heterocycles. The van der Waals surface area contributed by atoms with Crippen molar-refractivity contribution in [3.8, 4) is 17.2 Å². The molecule has 0 aliphatic carbocycles. The number of anilines is 1. The van der Waals surface area contributed by atoms with Crippen molar-refractivity contribution in [3.05, 3.63) is 48.0 Å². The van der Waals surface area contributed by atoms with Gasteiger partial charge in [-0.05, 0) is 35.2 Å². The summed E-state index contributed by atoms with van der Waals surface area (Å²) in [5, 5.41) is 5.53. The van der Waals surface area contributed by atoms with Gasteiger partial charge in [0.25, 0.3) is 0 Å². The van der Waals surface area contributed by atoms with Crippen LogP contribution < -0.4 is 24.8 Å². The van der Waals surface area contributed by atoms with Crippen molar-refractivity contribution in [1.82, 2.24) is 5.32 Å². The van der Waals surface area contributed by atoms with Crippen LogP contribution in [-0.4, -0.2) is 26.0 Å². The predicted molar refractivity (Wildman–Crippen MR) is 100 cm³/mol. The van der Waals surface area contributed by atoms with Gasteiger partial charge in [0.15, 0.2) is 11.5 Å². The third-order valence-corrected chi connectivity index (χ3v) is 3.99. The lowest BCUT2D eigenvalue weighted by molar-refractivity contribution is 0.174. The number of hydrogen-bond donors (Lipinski definition) is 2. The van der Waals surface area contributed by atoms with Crippen LogP contribution in [0.3, 0.4) is 0 Å². The minimum atomic E-state index is -0.295. The molecule has 26 heavy (non-hydrogen) atoms. The second-order valence-corrected chi connectivity index (χ2v) is 7.08. The molecule has 2 amide bonds. The second kappa shape index (κ2) is 7.56. The fraction of sp³-hybridized carbons (Fsp3) is 0.350. The van der Waals surface area contributed by atoms with Crippen molar-refractivity contribution in [2.75, 3.05) is 25.3 Å². The average Bonchev–Trinajstić information content (AvgIpc) is 3.06. The van der Waals surface area contributed by atoms with Crippen LogP contribution in [-0.2, 0) is 5.41 Å². The quantitative estimate of drug-likeness (QED) is 0.797. The monoisotopic (exact) mass is 356 g/mol. The Bertz CT molecular complexity index is 784. The summed E-state index contributed by atoms with van der Waals surface area (Å²) < 4.78 is 16.3. The molecule has 0 spiro atoms. The lowest BCUT2D eigenvalue weighted by Gasteiger charge is -2.19. The number of amides is 2. The molecule has 2 aromatic rings. The Kier molecular flexibility index (Phi) is 5.21. The smallest absolute Gasteiger partial charge is 0.319 e. The third kappa shape index (κ3) is 4.59. The van der Waals surface area contributed by atoms with E-state index in [1.54, 1.807) is 18.2 Å². The Labute approximate surface area is 153 Å². The van der Waals surface area contributed by atoms with Gasteiger partial charge in [0.05, 0.1) is 6.54 Å². The number of urea groups is 1. The van der Waals surface area contributed by atoms with Crippen molar-refractivity contribution in [2.45, 2.75) is 26.2 Å². The maximum atomic E-state index is 12.0. The number of ether oxygens (including phenoxy) is 3. The van der Waals surface area contributed by atoms with E-state index in [0.29, 0.717) is 30.3 Å². The number of benzene rings is 2. The molecule has 0 saturated heterocycles. The van der Waals surface area contributed by atoms with Crippen LogP contribution >= 0.6 is 0 Å². The summed E-state index contributed by atoms with van der Waals surface area (Å²) in [5.41, 5.74) is 1.93. The largest absolute Gasteiger partial charge is 0.492 e. The predicted octanol–water partition coefficient (Wildman–Crippen LogP) is 3.91. The van der Waals surface area contributed by atoms with Crippen LogP contribution in [0.4, 0.5) is 10.5 Å². The number of fused-ring (bicyclic) bond motifs is 1. The van der Waals surface area contributed by atoms with Gasteiger partial charge < -0.3 is 24.8 Å². The molecule has 3 rings (SSSR count). The highest BCUT2D eigenvalue weighted by Crippen LogP contribution is 2.34. The molecular formula is C20H24N2O4. The molecule has 0 saturated carbocycles. The Hall–Kier alpha value is -2.89. The summed E-state index contributed by atoms with van der Waals surface area (Å²) >= 11 is 0. The lowest BCUT2D eigenvalue weighted by atomic mass is 9.87. The standard InChI is InChI=1S/C20H24N2O4/c1-20(2,3)14-5-4-6-16(11-14)24-10-9-21-19(23)22-15-7-8-17-18(12-15)26-13-25-17/h4-8,11-12H,9-10,13H2,1-3H3,(H2,21,22,23). The van der Waals surface area contributed by atoms with Crippen molar-refractivity contribution < 1.29 is 19.0 Å². The summed E-state index contributed by atoms with van der Waals surface area (Å²) in [5.74, 6) is 2.11. The molecule has 0 atom stereocenters. The van der Waals surface area contributed by atoms with E-state index in [2.05, 4.69) is 37.5 Å². The van der Waals surface area contributed by atoms with Crippen LogP contribution in [0.2, 0.25) is 0 Å². The van der Waals surface area contributed by atoms with E-state index in [0.717, 1.165) is 5.75 Å². The van der Waals surface area contributed by atoms with E-state index in [-0.39, 0.29) is 18.2 Å². The molecule has 6 nitrogen and oxygen atoms in total. The zero-order valence-electron chi connectivity index (χ0n) is 15.3. The van der Waals surface area contributed by atoms with Gasteiger partial charge in [0.2, 0.25) is 6.79 Å². The van der Waals surface area contributed by atoms with E-state index in [4.69, 9.17) is 14.2 Å². The molecule has 2 aromatic carbocycles. The van der Waals surface area contributed by atoms with Gasteiger partial charge in [0, 0.05) is 11.8 Å². The van der Waals surface area contributed by atoms with Crippen LogP contribution in [0.15, 0.2) is 42.5 Å². The summed E-state index contributed by atoms with van der Waals surface area (Å²) in [6, 6.07) is 13.0. The van der Waals surface area contributed by atoms with Crippen molar-refractivity contribution >= 4 is 11.7 Å². The summed E-state index contributed by atoms with van der Waals surface area (Å²) in [7, 11) is 0. The van der Waals surface area contributed by atoms with Crippen LogP contribution in [0.5, 0.6) is 17.2 Å². The van der Waals surface area contributed by atoms with Crippen molar-refractivity contribution in [2.24, 2.45) is 0 Å². The summed E-state index contributed by atoms with van der Waals surface area (Å²) in [6.07, 6.45) is 0. The Morgan fingerprint density at radius 2 is 1.92 bits per heavy atom. The van der Waals surface area contributed by atoms with Gasteiger partial charge in [-0.25, -0.2) is 4.79 Å². The molecule has 0 fully saturated rings. The molecule has 0 bridgehead atoms. The highest BCUT2D eigenvalue weighted by Gasteiger charge is 2.15. The summed E-state index contributed by atoms with van der Waals surface area (Å²) in [6.45, 7) is 7.48. The van der Waals surface area contributed by atoms with Crippen molar-refractivity contribution in [3.63, 3.8) is 0 Å². The van der Waals surface area contributed by atoms with Gasteiger partial charge in [0.1, 0.15) is 12.4 Å². The van der Waals surface area contributed by atoms with Crippen molar-refractivity contribution in [1.29, 1.82) is 0 Å². The van der Waals surface area contributed by atoms with Gasteiger partial charge in [-0.1, -0.05) is 32.9 Å². The van der Waals surface area contributed by atoms with E-state index in [9.17, 15) is 4.79 Å². The SMILES string of the molecule is CC(C)(C)c1cccc(OCCNC(=O)Nc2ccc3c(c2)OCO3)c1. The molecule has 6 heteroatoms. The maximum absolute atomic E-state index is 12.0. The van der Waals surface area contributed by atoms with E-state index in [1.165, 1.54) is 5.56 Å². The molecular weight excluding hydrogens is 332 g/mol. The normalized spacial score (nSPS) is 12.6. The summed E-state index contributed by atoms with van der Waals surface area (Å²) in [4.78, 5) is 12.0. The van der Waals surface area contributed by atoms with E-state index >= 15 is 0 Å². The minimum absolute atomic E-state index is 0.0715. The van der Waals surface area contributed by atoms with Gasteiger partial charge in [-0.15, -0.1) is 0 Å². The molecule has 138 valence electrons. The van der Waals surface area contributed by atoms with Gasteiger partial charge in [-0.3, -0.25) is 0 Å². The molecule has 0 unspecified atom stereocenters. The Morgan fingerprint density at radius 3 is 2.73 bits per heavy atom. The number of carbonyl (C=O) groups is 1. The number of rotatable bonds is 5. The first kappa shape index (κ1) is 17.9. The van der Waals surface area contributed by atoms with E-state index < -0.39 is 0 Å². The van der Waals surface area contributed by atoms with Gasteiger partial charge >= 0.3 is 6.03 Å². The first-order valence-electron chi connectivity index (χ1n) is 8.60. The molecule has 1 heterocycles. The zero-order chi connectivity index (χ0) is 18.6. The third-order valence-electron chi connectivity index (χ3n) is 3.99. The van der Waals surface area contributed by atoms with Crippen LogP contribution in [0.25, 0.3) is 0 Å². The first-order valence-corrected chi connectivity index (χ1v) is 8.60. The molecule has 0 aromatic heterocycles. The highest BCUT2D eigenvalue weighted by atomic mass is 16.7. The lowest BCUT2D eigenvalue weighted by Crippen LogP contribution is -2.32. The fourth-order valence-electron chi connectivity index (χ4n) is 2.54. The molecule has 1 aliphatic rings. The fourth-order valence-corrected chi connectivity index (χ4v) is 2.54. The molecule has 2 N–H and O–H groups in total. The number of hydrogen-bond acceptors (Lipinski definition) is 4. The minimum Gasteiger partial charge on any atom is -0.492 e. The molecule has 0 radical (unpaired) electrons. The Morgan fingerprint density at radius 1 is 1.12 bits per heavy atom. The van der Waals surface area contributed by atoms with Crippen LogP contribution in [0, 0.1) is 0 Å².